The molecule has 0 saturated heterocycles. The molecule has 2 heterocycles. The SMILES string of the molecule is O=S(=O)(NCCc1ccco1)c1cccs1. The van der Waals surface area contributed by atoms with Gasteiger partial charge in [-0.1, -0.05) is 6.07 Å². The quantitative estimate of drug-likeness (QED) is 0.889. The van der Waals surface area contributed by atoms with Gasteiger partial charge < -0.3 is 4.42 Å². The van der Waals surface area contributed by atoms with Gasteiger partial charge in [-0.25, -0.2) is 13.1 Å². The van der Waals surface area contributed by atoms with Gasteiger partial charge in [-0.2, -0.15) is 0 Å². The first-order valence-corrected chi connectivity index (χ1v) is 7.10. The standard InChI is InChI=1S/C10H11NO3S2/c12-16(13,10-4-2-8-15-10)11-6-5-9-3-1-7-14-9/h1-4,7-8,11H,5-6H2. The molecule has 0 radical (unpaired) electrons. The maximum absolute atomic E-state index is 11.7. The number of hydrogen-bond acceptors (Lipinski definition) is 4. The van der Waals surface area contributed by atoms with E-state index >= 15 is 0 Å². The number of thiophene rings is 1. The molecule has 0 aliphatic carbocycles. The second-order valence-corrected chi connectivity index (χ2v) is 6.10. The van der Waals surface area contributed by atoms with Crippen LogP contribution in [-0.2, 0) is 16.4 Å². The predicted molar refractivity (Wildman–Crippen MR) is 61.9 cm³/mol. The molecule has 0 amide bonds. The number of nitrogens with one attached hydrogen (secondary N) is 1. The summed E-state index contributed by atoms with van der Waals surface area (Å²) in [6.45, 7) is 0.341. The lowest BCUT2D eigenvalue weighted by atomic mass is 10.3. The van der Waals surface area contributed by atoms with E-state index in [1.165, 1.54) is 11.3 Å². The molecule has 0 saturated carbocycles. The molecule has 86 valence electrons. The van der Waals surface area contributed by atoms with Gasteiger partial charge in [0.15, 0.2) is 0 Å². The van der Waals surface area contributed by atoms with E-state index in [-0.39, 0.29) is 0 Å². The van der Waals surface area contributed by atoms with E-state index in [9.17, 15) is 8.42 Å². The van der Waals surface area contributed by atoms with Gasteiger partial charge in [0.1, 0.15) is 9.97 Å². The predicted octanol–water partition coefficient (Wildman–Crippen LogP) is 1.86. The number of sulfonamides is 1. The van der Waals surface area contributed by atoms with Crippen molar-refractivity contribution in [2.24, 2.45) is 0 Å². The summed E-state index contributed by atoms with van der Waals surface area (Å²) in [5, 5.41) is 1.74. The molecule has 0 aliphatic rings. The van der Waals surface area contributed by atoms with E-state index in [1.54, 1.807) is 29.8 Å². The molecule has 0 unspecified atom stereocenters. The molecular weight excluding hydrogens is 246 g/mol. The van der Waals surface area contributed by atoms with Crippen LogP contribution in [0.2, 0.25) is 0 Å². The van der Waals surface area contributed by atoms with E-state index in [4.69, 9.17) is 4.42 Å². The molecule has 0 aliphatic heterocycles. The lowest BCUT2D eigenvalue weighted by molar-refractivity contribution is 0.506. The molecule has 0 fully saturated rings. The normalized spacial score (nSPS) is 11.8. The van der Waals surface area contributed by atoms with Crippen molar-refractivity contribution in [2.75, 3.05) is 6.54 Å². The van der Waals surface area contributed by atoms with Gasteiger partial charge in [0, 0.05) is 13.0 Å². The van der Waals surface area contributed by atoms with Gasteiger partial charge in [0.05, 0.1) is 6.26 Å². The molecule has 1 N–H and O–H groups in total. The zero-order valence-corrected chi connectivity index (χ0v) is 10.1. The van der Waals surface area contributed by atoms with E-state index in [0.717, 1.165) is 5.76 Å². The Morgan fingerprint density at radius 1 is 1.31 bits per heavy atom. The highest BCUT2D eigenvalue weighted by Gasteiger charge is 2.13. The summed E-state index contributed by atoms with van der Waals surface area (Å²) in [5.41, 5.74) is 0. The Labute approximate surface area is 98.0 Å². The Morgan fingerprint density at radius 3 is 2.81 bits per heavy atom. The Morgan fingerprint density at radius 2 is 2.19 bits per heavy atom. The monoisotopic (exact) mass is 257 g/mol. The molecule has 0 spiro atoms. The topological polar surface area (TPSA) is 59.3 Å². The molecular formula is C10H11NO3S2. The lowest BCUT2D eigenvalue weighted by Crippen LogP contribution is -2.25. The Balaban J connectivity index is 1.91. The third-order valence-electron chi connectivity index (χ3n) is 2.00. The van der Waals surface area contributed by atoms with Crippen LogP contribution >= 0.6 is 11.3 Å². The van der Waals surface area contributed by atoms with Crippen molar-refractivity contribution in [1.82, 2.24) is 4.72 Å². The van der Waals surface area contributed by atoms with Crippen LogP contribution in [0, 0.1) is 0 Å². The first kappa shape index (κ1) is 11.4. The summed E-state index contributed by atoms with van der Waals surface area (Å²) < 4.78 is 31.3. The van der Waals surface area contributed by atoms with Gasteiger partial charge >= 0.3 is 0 Å². The molecule has 0 aromatic carbocycles. The van der Waals surface area contributed by atoms with Crippen LogP contribution in [0.1, 0.15) is 5.76 Å². The van der Waals surface area contributed by atoms with Crippen molar-refractivity contribution in [2.45, 2.75) is 10.6 Å². The highest BCUT2D eigenvalue weighted by Crippen LogP contribution is 2.15. The van der Waals surface area contributed by atoms with Crippen LogP contribution < -0.4 is 4.72 Å². The highest BCUT2D eigenvalue weighted by molar-refractivity contribution is 7.91. The largest absolute Gasteiger partial charge is 0.469 e. The minimum Gasteiger partial charge on any atom is -0.469 e. The second kappa shape index (κ2) is 4.82. The average Bonchev–Trinajstić information content (AvgIpc) is 2.90. The number of hydrogen-bond donors (Lipinski definition) is 1. The van der Waals surface area contributed by atoms with Gasteiger partial charge in [0.2, 0.25) is 10.0 Å². The third kappa shape index (κ3) is 2.72. The third-order valence-corrected chi connectivity index (χ3v) is 4.86. The molecule has 2 aromatic heterocycles. The van der Waals surface area contributed by atoms with Crippen molar-refractivity contribution >= 4 is 21.4 Å². The van der Waals surface area contributed by atoms with Crippen LogP contribution in [0.25, 0.3) is 0 Å². The summed E-state index contributed by atoms with van der Waals surface area (Å²) in [5.74, 6) is 0.772. The van der Waals surface area contributed by atoms with E-state index < -0.39 is 10.0 Å². The fraction of sp³-hybridized carbons (Fsp3) is 0.200. The van der Waals surface area contributed by atoms with E-state index in [2.05, 4.69) is 4.72 Å². The summed E-state index contributed by atoms with van der Waals surface area (Å²) in [4.78, 5) is 0. The van der Waals surface area contributed by atoms with Crippen molar-refractivity contribution in [3.63, 3.8) is 0 Å². The Bertz CT molecular complexity index is 514. The molecule has 0 bridgehead atoms. The van der Waals surface area contributed by atoms with Crippen molar-refractivity contribution in [3.8, 4) is 0 Å². The van der Waals surface area contributed by atoms with Crippen LogP contribution in [0.5, 0.6) is 0 Å². The Kier molecular flexibility index (Phi) is 3.42. The molecule has 2 rings (SSSR count). The van der Waals surface area contributed by atoms with Gasteiger partial charge in [0.25, 0.3) is 0 Å². The second-order valence-electron chi connectivity index (χ2n) is 3.16. The summed E-state index contributed by atoms with van der Waals surface area (Å²) in [7, 11) is -3.34. The fourth-order valence-corrected chi connectivity index (χ4v) is 3.32. The molecule has 6 heteroatoms. The van der Waals surface area contributed by atoms with Crippen LogP contribution in [-0.4, -0.2) is 15.0 Å². The van der Waals surface area contributed by atoms with E-state index in [1.807, 2.05) is 6.07 Å². The molecule has 0 atom stereocenters. The number of furan rings is 1. The van der Waals surface area contributed by atoms with Gasteiger partial charge in [-0.15, -0.1) is 11.3 Å². The Hall–Kier alpha value is -1.11. The highest BCUT2D eigenvalue weighted by atomic mass is 32.2. The average molecular weight is 257 g/mol. The minimum absolute atomic E-state index is 0.340. The summed E-state index contributed by atoms with van der Waals surface area (Å²) in [6.07, 6.45) is 2.13. The van der Waals surface area contributed by atoms with Gasteiger partial charge in [-0.3, -0.25) is 0 Å². The zero-order chi connectivity index (χ0) is 11.4. The smallest absolute Gasteiger partial charge is 0.250 e. The van der Waals surface area contributed by atoms with Crippen LogP contribution in [0.4, 0.5) is 0 Å². The molecule has 2 aromatic rings. The molecule has 4 nitrogen and oxygen atoms in total. The lowest BCUT2D eigenvalue weighted by Gasteiger charge is -2.02. The maximum Gasteiger partial charge on any atom is 0.250 e. The van der Waals surface area contributed by atoms with Crippen molar-refractivity contribution in [1.29, 1.82) is 0 Å². The van der Waals surface area contributed by atoms with Crippen LogP contribution in [0.3, 0.4) is 0 Å². The van der Waals surface area contributed by atoms with Crippen molar-refractivity contribution < 1.29 is 12.8 Å². The van der Waals surface area contributed by atoms with Crippen LogP contribution in [0.15, 0.2) is 44.5 Å². The number of rotatable bonds is 5. The first-order chi connectivity index (χ1) is 7.68. The van der Waals surface area contributed by atoms with Crippen molar-refractivity contribution in [3.05, 3.63) is 41.7 Å². The van der Waals surface area contributed by atoms with E-state index in [0.29, 0.717) is 17.2 Å². The first-order valence-electron chi connectivity index (χ1n) is 4.74. The van der Waals surface area contributed by atoms with Gasteiger partial charge in [-0.05, 0) is 23.6 Å². The summed E-state index contributed by atoms with van der Waals surface area (Å²) in [6, 6.07) is 6.90. The fourth-order valence-electron chi connectivity index (χ4n) is 1.25. The maximum atomic E-state index is 11.7. The molecule has 16 heavy (non-hydrogen) atoms. The summed E-state index contributed by atoms with van der Waals surface area (Å²) >= 11 is 1.20. The minimum atomic E-state index is -3.34. The zero-order valence-electron chi connectivity index (χ0n) is 8.42.